The van der Waals surface area contributed by atoms with E-state index in [4.69, 9.17) is 4.52 Å². The molecule has 1 fully saturated rings. The molecule has 134 valence electrons. The van der Waals surface area contributed by atoms with Gasteiger partial charge < -0.3 is 9.42 Å². The quantitative estimate of drug-likeness (QED) is 0.719. The standard InChI is InChI=1S/C17H15F2N5O2/c1-23-14(6-7-20-23)17(25)24-8-2-3-13(24)16-21-15(22-26-16)11-5-4-10(18)9-12(11)19/h4-7,9,13H,2-3,8H2,1H3/t13-/m0/s1. The van der Waals surface area contributed by atoms with Gasteiger partial charge in [-0.15, -0.1) is 0 Å². The van der Waals surface area contributed by atoms with Gasteiger partial charge in [0, 0.05) is 25.9 Å². The number of nitrogens with zero attached hydrogens (tertiary/aromatic N) is 5. The number of hydrogen-bond donors (Lipinski definition) is 0. The summed E-state index contributed by atoms with van der Waals surface area (Å²) in [6.45, 7) is 0.553. The molecule has 4 rings (SSSR count). The lowest BCUT2D eigenvalue weighted by Gasteiger charge is -2.21. The number of carbonyl (C=O) groups excluding carboxylic acids is 1. The van der Waals surface area contributed by atoms with E-state index in [-0.39, 0.29) is 29.2 Å². The lowest BCUT2D eigenvalue weighted by Crippen LogP contribution is -2.32. The molecule has 1 aliphatic rings. The summed E-state index contributed by atoms with van der Waals surface area (Å²) in [5.41, 5.74) is 0.505. The van der Waals surface area contributed by atoms with Gasteiger partial charge in [0.15, 0.2) is 0 Å². The fourth-order valence-electron chi connectivity index (χ4n) is 3.15. The van der Waals surface area contributed by atoms with E-state index in [9.17, 15) is 13.6 Å². The number of benzene rings is 1. The van der Waals surface area contributed by atoms with Crippen LogP contribution in [0.15, 0.2) is 35.0 Å². The summed E-state index contributed by atoms with van der Waals surface area (Å²) in [5, 5.41) is 7.80. The van der Waals surface area contributed by atoms with Gasteiger partial charge in [-0.1, -0.05) is 5.16 Å². The van der Waals surface area contributed by atoms with Gasteiger partial charge in [0.2, 0.25) is 11.7 Å². The molecule has 26 heavy (non-hydrogen) atoms. The summed E-state index contributed by atoms with van der Waals surface area (Å²) in [7, 11) is 1.69. The van der Waals surface area contributed by atoms with Gasteiger partial charge in [-0.25, -0.2) is 8.78 Å². The molecule has 9 heteroatoms. The van der Waals surface area contributed by atoms with Gasteiger partial charge >= 0.3 is 0 Å². The van der Waals surface area contributed by atoms with Crippen molar-refractivity contribution in [3.05, 3.63) is 53.7 Å². The molecule has 3 heterocycles. The smallest absolute Gasteiger partial charge is 0.272 e. The highest BCUT2D eigenvalue weighted by molar-refractivity contribution is 5.92. The van der Waals surface area contributed by atoms with Crippen LogP contribution in [-0.4, -0.2) is 37.3 Å². The first-order chi connectivity index (χ1) is 12.5. The molecule has 3 aromatic rings. The van der Waals surface area contributed by atoms with E-state index in [1.54, 1.807) is 24.2 Å². The van der Waals surface area contributed by atoms with Crippen LogP contribution in [0.25, 0.3) is 11.4 Å². The summed E-state index contributed by atoms with van der Waals surface area (Å²) in [4.78, 5) is 18.6. The van der Waals surface area contributed by atoms with Gasteiger partial charge in [-0.2, -0.15) is 10.1 Å². The van der Waals surface area contributed by atoms with Gasteiger partial charge in [0.25, 0.3) is 5.91 Å². The normalized spacial score (nSPS) is 17.0. The summed E-state index contributed by atoms with van der Waals surface area (Å²) < 4.78 is 33.8. The second-order valence-corrected chi connectivity index (χ2v) is 6.08. The van der Waals surface area contributed by atoms with Crippen molar-refractivity contribution < 1.29 is 18.1 Å². The highest BCUT2D eigenvalue weighted by Crippen LogP contribution is 2.33. The van der Waals surface area contributed by atoms with Gasteiger partial charge in [-0.3, -0.25) is 9.48 Å². The molecule has 0 unspecified atom stereocenters. The van der Waals surface area contributed by atoms with Crippen LogP contribution in [-0.2, 0) is 7.05 Å². The average molecular weight is 359 g/mol. The van der Waals surface area contributed by atoms with E-state index in [1.165, 1.54) is 10.7 Å². The number of aromatic nitrogens is 4. The Balaban J connectivity index is 1.62. The summed E-state index contributed by atoms with van der Waals surface area (Å²) in [5.74, 6) is -1.38. The first kappa shape index (κ1) is 16.4. The van der Waals surface area contributed by atoms with Crippen molar-refractivity contribution in [2.45, 2.75) is 18.9 Å². The third-order valence-electron chi connectivity index (χ3n) is 4.45. The van der Waals surface area contributed by atoms with E-state index in [0.29, 0.717) is 18.7 Å². The Bertz CT molecular complexity index is 968. The third kappa shape index (κ3) is 2.75. The number of aryl methyl sites for hydroxylation is 1. The van der Waals surface area contributed by atoms with E-state index in [2.05, 4.69) is 15.2 Å². The zero-order chi connectivity index (χ0) is 18.3. The van der Waals surface area contributed by atoms with Crippen LogP contribution >= 0.6 is 0 Å². The maximum absolute atomic E-state index is 13.9. The molecule has 1 saturated heterocycles. The molecule has 2 aromatic heterocycles. The molecule has 1 atom stereocenters. The molecule has 0 N–H and O–H groups in total. The Morgan fingerprint density at radius 3 is 2.88 bits per heavy atom. The molecular formula is C17H15F2N5O2. The predicted octanol–water partition coefficient (Wildman–Crippen LogP) is 2.73. The largest absolute Gasteiger partial charge is 0.337 e. The predicted molar refractivity (Wildman–Crippen MR) is 85.9 cm³/mol. The summed E-state index contributed by atoms with van der Waals surface area (Å²) >= 11 is 0. The van der Waals surface area contributed by atoms with Crippen LogP contribution in [0.4, 0.5) is 8.78 Å². The number of carbonyl (C=O) groups is 1. The van der Waals surface area contributed by atoms with Crippen LogP contribution in [0.5, 0.6) is 0 Å². The Hall–Kier alpha value is -3.10. The van der Waals surface area contributed by atoms with E-state index in [0.717, 1.165) is 18.6 Å². The number of halogens is 2. The fourth-order valence-corrected chi connectivity index (χ4v) is 3.15. The molecule has 0 bridgehead atoms. The second kappa shape index (κ2) is 6.32. The van der Waals surface area contributed by atoms with Gasteiger partial charge in [-0.05, 0) is 31.0 Å². The maximum Gasteiger partial charge on any atom is 0.272 e. The molecule has 1 aromatic carbocycles. The molecular weight excluding hydrogens is 344 g/mol. The number of likely N-dealkylation sites (tertiary alicyclic amines) is 1. The van der Waals surface area contributed by atoms with Crippen molar-refractivity contribution in [3.63, 3.8) is 0 Å². The van der Waals surface area contributed by atoms with Crippen molar-refractivity contribution in [2.24, 2.45) is 7.05 Å². The molecule has 0 radical (unpaired) electrons. The SMILES string of the molecule is Cn1nccc1C(=O)N1CCC[C@H]1c1nc(-c2ccc(F)cc2F)no1. The minimum atomic E-state index is -0.772. The van der Waals surface area contributed by atoms with Crippen molar-refractivity contribution in [2.75, 3.05) is 6.54 Å². The van der Waals surface area contributed by atoms with Crippen LogP contribution < -0.4 is 0 Å². The number of amides is 1. The van der Waals surface area contributed by atoms with E-state index in [1.807, 2.05) is 0 Å². The van der Waals surface area contributed by atoms with Crippen LogP contribution in [0.3, 0.4) is 0 Å². The highest BCUT2D eigenvalue weighted by Gasteiger charge is 2.35. The molecule has 0 aliphatic carbocycles. The van der Waals surface area contributed by atoms with Crippen LogP contribution in [0.1, 0.15) is 35.3 Å². The minimum Gasteiger partial charge on any atom is -0.337 e. The van der Waals surface area contributed by atoms with Gasteiger partial charge in [0.1, 0.15) is 23.4 Å². The van der Waals surface area contributed by atoms with Gasteiger partial charge in [0.05, 0.1) is 5.56 Å². The first-order valence-electron chi connectivity index (χ1n) is 8.12. The van der Waals surface area contributed by atoms with Crippen molar-refractivity contribution in [1.29, 1.82) is 0 Å². The minimum absolute atomic E-state index is 0.0253. The third-order valence-corrected chi connectivity index (χ3v) is 4.45. The van der Waals surface area contributed by atoms with Crippen molar-refractivity contribution >= 4 is 5.91 Å². The van der Waals surface area contributed by atoms with Crippen molar-refractivity contribution in [3.8, 4) is 11.4 Å². The number of rotatable bonds is 3. The molecule has 0 spiro atoms. The maximum atomic E-state index is 13.9. The Morgan fingerprint density at radius 2 is 2.15 bits per heavy atom. The monoisotopic (exact) mass is 359 g/mol. The Morgan fingerprint density at radius 1 is 1.31 bits per heavy atom. The fraction of sp³-hybridized carbons (Fsp3) is 0.294. The first-order valence-corrected chi connectivity index (χ1v) is 8.12. The lowest BCUT2D eigenvalue weighted by atomic mass is 10.2. The van der Waals surface area contributed by atoms with Crippen molar-refractivity contribution in [1.82, 2.24) is 24.8 Å². The Labute approximate surface area is 147 Å². The number of hydrogen-bond acceptors (Lipinski definition) is 5. The summed E-state index contributed by atoms with van der Waals surface area (Å²) in [6.07, 6.45) is 3.01. The van der Waals surface area contributed by atoms with E-state index < -0.39 is 11.6 Å². The molecule has 0 saturated carbocycles. The highest BCUT2D eigenvalue weighted by atomic mass is 19.1. The Kier molecular flexibility index (Phi) is 3.98. The van der Waals surface area contributed by atoms with E-state index >= 15 is 0 Å². The average Bonchev–Trinajstić information content (AvgIpc) is 3.34. The second-order valence-electron chi connectivity index (χ2n) is 6.08. The topological polar surface area (TPSA) is 77.1 Å². The lowest BCUT2D eigenvalue weighted by molar-refractivity contribution is 0.0699. The van der Waals surface area contributed by atoms with Crippen LogP contribution in [0, 0.1) is 11.6 Å². The molecule has 7 nitrogen and oxygen atoms in total. The zero-order valence-corrected chi connectivity index (χ0v) is 13.9. The van der Waals surface area contributed by atoms with Crippen LogP contribution in [0.2, 0.25) is 0 Å². The summed E-state index contributed by atoms with van der Waals surface area (Å²) in [6, 6.07) is 4.40. The molecule has 1 aliphatic heterocycles. The zero-order valence-electron chi connectivity index (χ0n) is 13.9. The molecule has 1 amide bonds.